The molecule has 0 saturated carbocycles. The molecule has 0 spiro atoms. The number of ether oxygens (including phenoxy) is 3. The predicted molar refractivity (Wildman–Crippen MR) is 31.8 cm³/mol. The molecule has 0 bridgehead atoms. The highest BCUT2D eigenvalue weighted by molar-refractivity contribution is 4.62. The lowest BCUT2D eigenvalue weighted by Crippen LogP contribution is -2.30. The second kappa shape index (κ2) is 3.48. The van der Waals surface area contributed by atoms with Crippen molar-refractivity contribution in [2.75, 3.05) is 20.0 Å². The first-order chi connectivity index (χ1) is 4.43. The Bertz CT molecular complexity index is 86.3. The molecule has 3 heteroatoms. The minimum absolute atomic E-state index is 0.0382. The van der Waals surface area contributed by atoms with E-state index in [4.69, 9.17) is 14.2 Å². The summed E-state index contributed by atoms with van der Waals surface area (Å²) in [5.74, 6) is 0. The molecule has 1 saturated heterocycles. The van der Waals surface area contributed by atoms with Crippen LogP contribution >= 0.6 is 0 Å². The van der Waals surface area contributed by atoms with Crippen molar-refractivity contribution in [3.8, 4) is 0 Å². The van der Waals surface area contributed by atoms with Crippen molar-refractivity contribution in [3.05, 3.63) is 12.8 Å². The van der Waals surface area contributed by atoms with Gasteiger partial charge in [-0.3, -0.25) is 0 Å². The molecule has 1 rings (SSSR count). The molecule has 0 amide bonds. The lowest BCUT2D eigenvalue weighted by atomic mass is 10.4. The van der Waals surface area contributed by atoms with Gasteiger partial charge in [-0.25, -0.2) is 0 Å². The highest BCUT2D eigenvalue weighted by Crippen LogP contribution is 2.00. The zero-order valence-electron chi connectivity index (χ0n) is 5.21. The highest BCUT2D eigenvalue weighted by Gasteiger charge is 2.12. The van der Waals surface area contributed by atoms with E-state index in [2.05, 4.69) is 6.58 Å². The van der Waals surface area contributed by atoms with E-state index in [1.54, 1.807) is 0 Å². The van der Waals surface area contributed by atoms with Crippen molar-refractivity contribution >= 4 is 0 Å². The van der Waals surface area contributed by atoms with Crippen LogP contribution in [0.1, 0.15) is 0 Å². The molecule has 1 fully saturated rings. The van der Waals surface area contributed by atoms with E-state index in [0.29, 0.717) is 20.0 Å². The van der Waals surface area contributed by atoms with Gasteiger partial charge in [0.2, 0.25) is 0 Å². The molecule has 1 aliphatic heterocycles. The van der Waals surface area contributed by atoms with Crippen molar-refractivity contribution in [3.63, 3.8) is 0 Å². The summed E-state index contributed by atoms with van der Waals surface area (Å²) in [5, 5.41) is 0. The molecule has 0 aromatic carbocycles. The zero-order valence-corrected chi connectivity index (χ0v) is 5.21. The van der Waals surface area contributed by atoms with Crippen molar-refractivity contribution in [1.82, 2.24) is 0 Å². The maximum absolute atomic E-state index is 5.00. The van der Waals surface area contributed by atoms with Gasteiger partial charge in [0.15, 0.2) is 0 Å². The number of rotatable bonds is 2. The van der Waals surface area contributed by atoms with Crippen LogP contribution in [0, 0.1) is 0 Å². The number of hydrogen-bond donors (Lipinski definition) is 0. The topological polar surface area (TPSA) is 27.7 Å². The molecule has 0 aliphatic carbocycles. The summed E-state index contributed by atoms with van der Waals surface area (Å²) in [4.78, 5) is 0. The summed E-state index contributed by atoms with van der Waals surface area (Å²) in [5.41, 5.74) is 0. The Kier molecular flexibility index (Phi) is 2.54. The fourth-order valence-electron chi connectivity index (χ4n) is 0.681. The van der Waals surface area contributed by atoms with Crippen LogP contribution in [0.2, 0.25) is 0 Å². The molecule has 3 nitrogen and oxygen atoms in total. The summed E-state index contributed by atoms with van der Waals surface area (Å²) in [6.45, 7) is 5.01. The van der Waals surface area contributed by atoms with Crippen molar-refractivity contribution < 1.29 is 14.2 Å². The molecular weight excluding hydrogens is 120 g/mol. The molecule has 52 valence electrons. The number of hydrogen-bond acceptors (Lipinski definition) is 3. The first-order valence-corrected chi connectivity index (χ1v) is 2.85. The normalized spacial score (nSPS) is 21.3. The van der Waals surface area contributed by atoms with E-state index in [1.165, 1.54) is 6.26 Å². The summed E-state index contributed by atoms with van der Waals surface area (Å²) >= 11 is 0. The van der Waals surface area contributed by atoms with Crippen LogP contribution in [0.5, 0.6) is 0 Å². The van der Waals surface area contributed by atoms with E-state index in [1.807, 2.05) is 0 Å². The maximum Gasteiger partial charge on any atom is 0.147 e. The molecule has 1 aliphatic rings. The monoisotopic (exact) mass is 130 g/mol. The summed E-state index contributed by atoms with van der Waals surface area (Å²) in [7, 11) is 0. The van der Waals surface area contributed by atoms with Gasteiger partial charge in [0.05, 0.1) is 19.5 Å². The molecule has 9 heavy (non-hydrogen) atoms. The van der Waals surface area contributed by atoms with E-state index in [-0.39, 0.29) is 6.10 Å². The minimum Gasteiger partial charge on any atom is -0.494 e. The first kappa shape index (κ1) is 6.58. The van der Waals surface area contributed by atoms with Crippen LogP contribution in [0.3, 0.4) is 0 Å². The molecular formula is C6H10O3. The average molecular weight is 130 g/mol. The van der Waals surface area contributed by atoms with Crippen LogP contribution in [0.4, 0.5) is 0 Å². The maximum atomic E-state index is 5.00. The summed E-state index contributed by atoms with van der Waals surface area (Å²) < 4.78 is 14.9. The molecule has 0 aromatic rings. The fourth-order valence-corrected chi connectivity index (χ4v) is 0.681. The Labute approximate surface area is 54.2 Å². The third-order valence-electron chi connectivity index (χ3n) is 1.06. The largest absolute Gasteiger partial charge is 0.494 e. The van der Waals surface area contributed by atoms with E-state index < -0.39 is 0 Å². The van der Waals surface area contributed by atoms with Gasteiger partial charge in [-0.1, -0.05) is 6.58 Å². The second-order valence-corrected chi connectivity index (χ2v) is 1.78. The van der Waals surface area contributed by atoms with Crippen LogP contribution in [0.15, 0.2) is 12.8 Å². The molecule has 0 atom stereocenters. The highest BCUT2D eigenvalue weighted by atomic mass is 16.7. The van der Waals surface area contributed by atoms with Gasteiger partial charge in [-0.05, 0) is 0 Å². The van der Waals surface area contributed by atoms with Crippen LogP contribution in [0.25, 0.3) is 0 Å². The summed E-state index contributed by atoms with van der Waals surface area (Å²) in [6.07, 6.45) is 1.44. The van der Waals surface area contributed by atoms with Gasteiger partial charge < -0.3 is 14.2 Å². The van der Waals surface area contributed by atoms with E-state index in [9.17, 15) is 0 Å². The van der Waals surface area contributed by atoms with Gasteiger partial charge in [0.25, 0.3) is 0 Å². The smallest absolute Gasteiger partial charge is 0.147 e. The van der Waals surface area contributed by atoms with E-state index in [0.717, 1.165) is 0 Å². The molecule has 0 aromatic heterocycles. The van der Waals surface area contributed by atoms with Gasteiger partial charge in [0, 0.05) is 0 Å². The van der Waals surface area contributed by atoms with Gasteiger partial charge >= 0.3 is 0 Å². The molecule has 1 heterocycles. The zero-order chi connectivity index (χ0) is 6.53. The second-order valence-electron chi connectivity index (χ2n) is 1.78. The Morgan fingerprint density at radius 1 is 1.44 bits per heavy atom. The quantitative estimate of drug-likeness (QED) is 0.510. The standard InChI is InChI=1S/C6H10O3/c1-2-9-6-3-7-5-8-4-6/h2,6H,1,3-5H2. The Morgan fingerprint density at radius 2 is 2.11 bits per heavy atom. The average Bonchev–Trinajstić information content (AvgIpc) is 1.91. The van der Waals surface area contributed by atoms with Crippen LogP contribution < -0.4 is 0 Å². The third kappa shape index (κ3) is 2.03. The predicted octanol–water partition coefficient (Wildman–Crippen LogP) is 0.519. The van der Waals surface area contributed by atoms with Crippen molar-refractivity contribution in [2.24, 2.45) is 0 Å². The lowest BCUT2D eigenvalue weighted by molar-refractivity contribution is -0.152. The van der Waals surface area contributed by atoms with E-state index >= 15 is 0 Å². The first-order valence-electron chi connectivity index (χ1n) is 2.85. The van der Waals surface area contributed by atoms with Gasteiger partial charge in [0.1, 0.15) is 12.9 Å². The Morgan fingerprint density at radius 3 is 2.67 bits per heavy atom. The Balaban J connectivity index is 2.15. The third-order valence-corrected chi connectivity index (χ3v) is 1.06. The molecule has 0 unspecified atom stereocenters. The van der Waals surface area contributed by atoms with Gasteiger partial charge in [-0.2, -0.15) is 0 Å². The summed E-state index contributed by atoms with van der Waals surface area (Å²) in [6, 6.07) is 0. The van der Waals surface area contributed by atoms with Gasteiger partial charge in [-0.15, -0.1) is 0 Å². The molecule has 0 radical (unpaired) electrons. The van der Waals surface area contributed by atoms with Crippen molar-refractivity contribution in [1.29, 1.82) is 0 Å². The minimum atomic E-state index is 0.0382. The lowest BCUT2D eigenvalue weighted by Gasteiger charge is -2.21. The van der Waals surface area contributed by atoms with Crippen molar-refractivity contribution in [2.45, 2.75) is 6.10 Å². The molecule has 0 N–H and O–H groups in total. The SMILES string of the molecule is C=COC1COCOC1. The fraction of sp³-hybridized carbons (Fsp3) is 0.667. The van der Waals surface area contributed by atoms with Crippen LogP contribution in [-0.4, -0.2) is 26.1 Å². The van der Waals surface area contributed by atoms with Crippen LogP contribution in [-0.2, 0) is 14.2 Å². The Hall–Kier alpha value is -0.540.